The Morgan fingerprint density at radius 3 is 2.50 bits per heavy atom. The lowest BCUT2D eigenvalue weighted by Gasteiger charge is -2.29. The number of fused-ring (bicyclic) bond motifs is 2. The highest BCUT2D eigenvalue weighted by Gasteiger charge is 2.29. The van der Waals surface area contributed by atoms with Gasteiger partial charge in [-0.25, -0.2) is 28.1 Å². The minimum atomic E-state index is -0.667. The van der Waals surface area contributed by atoms with Crippen molar-refractivity contribution < 1.29 is 13.6 Å². The van der Waals surface area contributed by atoms with E-state index in [9.17, 15) is 23.2 Å². The average molecular weight is 649 g/mol. The standard InChI is InChI=1S/C37H34F2N6O3/c1-42(2)20-25-6-3-4-9-30(25)24-7-5-8-29(17-24)44-35-31(18-27(39)19-40-35)36(47)45(37(44)48)28-13-10-23(11-14-28)16-33(46)32-22-43-21-26(38)12-15-34(43)41-32/h3-9,12,15,17-19,21-23,28H,10-11,13-14,16,20H2,1-2H3. The summed E-state index contributed by atoms with van der Waals surface area (Å²) >= 11 is 0. The molecule has 7 rings (SSSR count). The lowest BCUT2D eigenvalue weighted by Crippen LogP contribution is -2.43. The third-order valence-electron chi connectivity index (χ3n) is 9.17. The van der Waals surface area contributed by atoms with Crippen LogP contribution in [-0.4, -0.2) is 48.3 Å². The Bertz CT molecular complexity index is 2300. The van der Waals surface area contributed by atoms with Crippen molar-refractivity contribution in [3.63, 3.8) is 0 Å². The number of imidazole rings is 1. The van der Waals surface area contributed by atoms with Crippen molar-refractivity contribution >= 4 is 22.5 Å². The molecule has 244 valence electrons. The van der Waals surface area contributed by atoms with Crippen molar-refractivity contribution in [2.45, 2.75) is 44.7 Å². The van der Waals surface area contributed by atoms with Gasteiger partial charge in [0.15, 0.2) is 11.4 Å². The van der Waals surface area contributed by atoms with E-state index in [0.29, 0.717) is 37.0 Å². The zero-order chi connectivity index (χ0) is 33.5. The molecular weight excluding hydrogens is 614 g/mol. The summed E-state index contributed by atoms with van der Waals surface area (Å²) in [6.07, 6.45) is 6.30. The molecule has 0 aliphatic heterocycles. The van der Waals surface area contributed by atoms with E-state index in [1.54, 1.807) is 6.07 Å². The molecule has 4 aromatic heterocycles. The number of Topliss-reactive ketones (excluding diaryl/α,β-unsaturated/α-hetero) is 1. The molecule has 0 spiro atoms. The van der Waals surface area contributed by atoms with Crippen LogP contribution in [0.2, 0.25) is 0 Å². The van der Waals surface area contributed by atoms with Gasteiger partial charge in [0.1, 0.15) is 23.0 Å². The summed E-state index contributed by atoms with van der Waals surface area (Å²) in [5, 5.41) is 0.0218. The lowest BCUT2D eigenvalue weighted by atomic mass is 9.82. The maximum absolute atomic E-state index is 14.5. The number of hydrogen-bond donors (Lipinski definition) is 0. The van der Waals surface area contributed by atoms with Crippen molar-refractivity contribution in [1.29, 1.82) is 0 Å². The topological polar surface area (TPSA) is 94.5 Å². The number of nitrogens with zero attached hydrogens (tertiary/aromatic N) is 6. The Morgan fingerprint density at radius 1 is 0.917 bits per heavy atom. The molecule has 6 aromatic rings. The number of carbonyl (C=O) groups excluding carboxylic acids is 1. The van der Waals surface area contributed by atoms with E-state index < -0.39 is 28.9 Å². The summed E-state index contributed by atoms with van der Waals surface area (Å²) in [6.45, 7) is 0.724. The maximum atomic E-state index is 14.5. The van der Waals surface area contributed by atoms with E-state index in [2.05, 4.69) is 20.9 Å². The molecule has 0 amide bonds. The smallest absolute Gasteiger partial charge is 0.305 e. The number of hydrogen-bond acceptors (Lipinski definition) is 6. The molecule has 0 radical (unpaired) electrons. The van der Waals surface area contributed by atoms with E-state index in [1.165, 1.54) is 38.1 Å². The molecule has 0 saturated heterocycles. The summed E-state index contributed by atoms with van der Waals surface area (Å²) in [6, 6.07) is 19.1. The second kappa shape index (κ2) is 12.7. The molecule has 4 heterocycles. The first-order valence-corrected chi connectivity index (χ1v) is 16.0. The molecule has 48 heavy (non-hydrogen) atoms. The minimum Gasteiger partial charge on any atom is -0.305 e. The predicted molar refractivity (Wildman–Crippen MR) is 179 cm³/mol. The zero-order valence-electron chi connectivity index (χ0n) is 26.6. The van der Waals surface area contributed by atoms with Crippen LogP contribution in [0.1, 0.15) is 54.2 Å². The first-order chi connectivity index (χ1) is 23.2. The van der Waals surface area contributed by atoms with Gasteiger partial charge in [0.25, 0.3) is 5.56 Å². The minimum absolute atomic E-state index is 0.0218. The summed E-state index contributed by atoms with van der Waals surface area (Å²) in [5.41, 5.74) is 3.28. The molecule has 1 aliphatic carbocycles. The first kappa shape index (κ1) is 31.3. The summed E-state index contributed by atoms with van der Waals surface area (Å²) in [5.74, 6) is -1.19. The molecule has 9 nitrogen and oxygen atoms in total. The predicted octanol–water partition coefficient (Wildman–Crippen LogP) is 6.21. The Labute approximate surface area is 274 Å². The number of carbonyl (C=O) groups is 1. The van der Waals surface area contributed by atoms with Crippen molar-refractivity contribution in [1.82, 2.24) is 28.4 Å². The highest BCUT2D eigenvalue weighted by molar-refractivity contribution is 5.95. The third-order valence-corrected chi connectivity index (χ3v) is 9.17. The molecule has 0 bridgehead atoms. The number of aromatic nitrogens is 5. The number of pyridine rings is 2. The molecule has 1 aliphatic rings. The van der Waals surface area contributed by atoms with Crippen LogP contribution < -0.4 is 11.2 Å². The number of ketones is 1. The Kier molecular flexibility index (Phi) is 8.30. The van der Waals surface area contributed by atoms with Gasteiger partial charge in [-0.3, -0.25) is 14.2 Å². The van der Waals surface area contributed by atoms with Gasteiger partial charge in [-0.2, -0.15) is 0 Å². The van der Waals surface area contributed by atoms with Gasteiger partial charge in [0.05, 0.1) is 17.3 Å². The Balaban J connectivity index is 1.20. The summed E-state index contributed by atoms with van der Waals surface area (Å²) in [7, 11) is 4.01. The van der Waals surface area contributed by atoms with Crippen LogP contribution in [0, 0.1) is 17.6 Å². The van der Waals surface area contributed by atoms with Crippen LogP contribution in [0.3, 0.4) is 0 Å². The van der Waals surface area contributed by atoms with Gasteiger partial charge in [-0.1, -0.05) is 36.4 Å². The van der Waals surface area contributed by atoms with Crippen molar-refractivity contribution in [3.8, 4) is 16.8 Å². The van der Waals surface area contributed by atoms with Crippen LogP contribution in [0.15, 0.2) is 94.9 Å². The Morgan fingerprint density at radius 2 is 1.71 bits per heavy atom. The van der Waals surface area contributed by atoms with Crippen LogP contribution in [0.25, 0.3) is 33.5 Å². The maximum Gasteiger partial charge on any atom is 0.337 e. The van der Waals surface area contributed by atoms with Crippen molar-refractivity contribution in [3.05, 3.63) is 129 Å². The van der Waals surface area contributed by atoms with Gasteiger partial charge in [-0.15, -0.1) is 0 Å². The van der Waals surface area contributed by atoms with E-state index in [1.807, 2.05) is 50.5 Å². The van der Waals surface area contributed by atoms with Crippen LogP contribution in [0.4, 0.5) is 8.78 Å². The molecule has 2 aromatic carbocycles. The van der Waals surface area contributed by atoms with Gasteiger partial charge in [0.2, 0.25) is 0 Å². The van der Waals surface area contributed by atoms with E-state index in [4.69, 9.17) is 0 Å². The molecular formula is C37H34F2N6O3. The largest absolute Gasteiger partial charge is 0.337 e. The highest BCUT2D eigenvalue weighted by atomic mass is 19.1. The van der Waals surface area contributed by atoms with Crippen LogP contribution in [-0.2, 0) is 6.54 Å². The van der Waals surface area contributed by atoms with E-state index in [-0.39, 0.29) is 34.8 Å². The SMILES string of the molecule is CN(C)Cc1ccccc1-c1cccc(-n2c(=O)n(C3CCC(CC(=O)c4cn5cc(F)ccc5n4)CC3)c(=O)c3cc(F)cnc32)c1. The van der Waals surface area contributed by atoms with Crippen LogP contribution in [0.5, 0.6) is 0 Å². The van der Waals surface area contributed by atoms with Gasteiger partial charge in [-0.05, 0) is 92.7 Å². The van der Waals surface area contributed by atoms with Gasteiger partial charge >= 0.3 is 5.69 Å². The Hall–Kier alpha value is -5.29. The fourth-order valence-corrected chi connectivity index (χ4v) is 6.90. The monoisotopic (exact) mass is 648 g/mol. The number of rotatable bonds is 8. The summed E-state index contributed by atoms with van der Waals surface area (Å²) < 4.78 is 32.2. The van der Waals surface area contributed by atoms with E-state index >= 15 is 0 Å². The second-order valence-corrected chi connectivity index (χ2v) is 12.8. The molecule has 0 N–H and O–H groups in total. The quantitative estimate of drug-likeness (QED) is 0.182. The number of halogens is 2. The molecule has 1 fully saturated rings. The van der Waals surface area contributed by atoms with Gasteiger partial charge in [0, 0.05) is 31.4 Å². The van der Waals surface area contributed by atoms with E-state index in [0.717, 1.165) is 35.5 Å². The van der Waals surface area contributed by atoms with Crippen molar-refractivity contribution in [2.24, 2.45) is 5.92 Å². The average Bonchev–Trinajstić information content (AvgIpc) is 3.50. The lowest BCUT2D eigenvalue weighted by molar-refractivity contribution is 0.0938. The number of benzene rings is 2. The molecule has 0 atom stereocenters. The first-order valence-electron chi connectivity index (χ1n) is 16.0. The summed E-state index contributed by atoms with van der Waals surface area (Å²) in [4.78, 5) is 51.9. The van der Waals surface area contributed by atoms with Crippen molar-refractivity contribution in [2.75, 3.05) is 14.1 Å². The fourth-order valence-electron chi connectivity index (χ4n) is 6.90. The highest BCUT2D eigenvalue weighted by Crippen LogP contribution is 2.34. The van der Waals surface area contributed by atoms with Gasteiger partial charge < -0.3 is 9.30 Å². The normalized spacial score (nSPS) is 16.6. The fraction of sp³-hybridized carbons (Fsp3) is 0.270. The molecule has 0 unspecified atom stereocenters. The molecule has 11 heteroatoms. The van der Waals surface area contributed by atoms with Crippen LogP contribution >= 0.6 is 0 Å². The molecule has 1 saturated carbocycles. The zero-order valence-corrected chi connectivity index (χ0v) is 26.6. The third kappa shape index (κ3) is 5.97. The second-order valence-electron chi connectivity index (χ2n) is 12.8.